The van der Waals surface area contributed by atoms with Gasteiger partial charge < -0.3 is 15.3 Å². The smallest absolute Gasteiger partial charge is 0.0626 e. The van der Waals surface area contributed by atoms with Crippen molar-refractivity contribution < 1.29 is 5.11 Å². The number of nitrogens with one attached hydrogen (secondary N) is 1. The van der Waals surface area contributed by atoms with Crippen molar-refractivity contribution in [2.24, 2.45) is 0 Å². The van der Waals surface area contributed by atoms with Crippen molar-refractivity contribution in [1.82, 2.24) is 10.2 Å². The Hall–Kier alpha value is -0.900. The lowest BCUT2D eigenvalue weighted by molar-refractivity contribution is 0.240. The highest BCUT2D eigenvalue weighted by Gasteiger charge is 2.24. The van der Waals surface area contributed by atoms with E-state index < -0.39 is 0 Å². The highest BCUT2D eigenvalue weighted by Crippen LogP contribution is 2.40. The molecule has 0 aliphatic heterocycles. The second-order valence-corrected chi connectivity index (χ2v) is 5.44. The Morgan fingerprint density at radius 1 is 1.39 bits per heavy atom. The number of aliphatic hydroxyl groups is 1. The molecule has 1 aromatic carbocycles. The third-order valence-electron chi connectivity index (χ3n) is 3.49. The summed E-state index contributed by atoms with van der Waals surface area (Å²) in [5.41, 5.74) is 2.64. The molecule has 3 nitrogen and oxygen atoms in total. The number of benzene rings is 1. The highest BCUT2D eigenvalue weighted by atomic mass is 16.3. The van der Waals surface area contributed by atoms with Crippen molar-refractivity contribution in [3.05, 3.63) is 35.4 Å². The molecule has 0 amide bonds. The fourth-order valence-electron chi connectivity index (χ4n) is 2.20. The van der Waals surface area contributed by atoms with Crippen LogP contribution in [0.4, 0.5) is 0 Å². The summed E-state index contributed by atoms with van der Waals surface area (Å²) in [4.78, 5) is 2.14. The number of hydrogen-bond donors (Lipinski definition) is 2. The van der Waals surface area contributed by atoms with Crippen molar-refractivity contribution in [2.75, 3.05) is 33.8 Å². The van der Waals surface area contributed by atoms with Crippen LogP contribution in [-0.4, -0.2) is 43.8 Å². The topological polar surface area (TPSA) is 35.5 Å². The molecule has 0 radical (unpaired) electrons. The average molecular weight is 248 g/mol. The fraction of sp³-hybridized carbons (Fsp3) is 0.600. The van der Waals surface area contributed by atoms with Crippen LogP contribution < -0.4 is 5.32 Å². The first-order valence-corrected chi connectivity index (χ1v) is 6.79. The summed E-state index contributed by atoms with van der Waals surface area (Å²) in [6.07, 6.45) is 2.64. The van der Waals surface area contributed by atoms with Crippen LogP contribution in [0.1, 0.15) is 35.9 Å². The maximum absolute atomic E-state index is 9.51. The highest BCUT2D eigenvalue weighted by molar-refractivity contribution is 5.31. The Morgan fingerprint density at radius 3 is 2.78 bits per heavy atom. The summed E-state index contributed by atoms with van der Waals surface area (Å²) in [7, 11) is 4.12. The normalized spacial score (nSPS) is 17.1. The second-order valence-electron chi connectivity index (χ2n) is 5.44. The monoisotopic (exact) mass is 248 g/mol. The molecule has 0 aromatic heterocycles. The summed E-state index contributed by atoms with van der Waals surface area (Å²) >= 11 is 0. The van der Waals surface area contributed by atoms with E-state index >= 15 is 0 Å². The summed E-state index contributed by atoms with van der Waals surface area (Å²) in [5, 5.41) is 12.9. The predicted molar refractivity (Wildman–Crippen MR) is 74.8 cm³/mol. The van der Waals surface area contributed by atoms with Gasteiger partial charge in [0.15, 0.2) is 0 Å². The Bertz CT molecular complexity index is 375. The lowest BCUT2D eigenvalue weighted by Crippen LogP contribution is -2.31. The molecule has 18 heavy (non-hydrogen) atoms. The molecule has 0 saturated heterocycles. The predicted octanol–water partition coefficient (Wildman–Crippen LogP) is 1.75. The second kappa shape index (κ2) is 6.32. The average Bonchev–Trinajstić information content (AvgIpc) is 3.19. The van der Waals surface area contributed by atoms with Gasteiger partial charge >= 0.3 is 0 Å². The standard InChI is InChI=1S/C15H24N2O/c1-17(2)9-8-16-15(11-18)14-5-3-4-13(10-14)12-6-7-12/h3-5,10,12,15-16,18H,6-9,11H2,1-2H3. The van der Waals surface area contributed by atoms with Gasteiger partial charge in [-0.1, -0.05) is 24.3 Å². The minimum atomic E-state index is 0.0589. The van der Waals surface area contributed by atoms with Crippen LogP contribution in [0.25, 0.3) is 0 Å². The summed E-state index contributed by atoms with van der Waals surface area (Å²) in [5.74, 6) is 0.770. The van der Waals surface area contributed by atoms with Crippen LogP contribution in [0.3, 0.4) is 0 Å². The number of rotatable bonds is 7. The van der Waals surface area contributed by atoms with E-state index in [4.69, 9.17) is 0 Å². The fourth-order valence-corrected chi connectivity index (χ4v) is 2.20. The van der Waals surface area contributed by atoms with Gasteiger partial charge in [-0.3, -0.25) is 0 Å². The van der Waals surface area contributed by atoms with Crippen molar-refractivity contribution in [3.63, 3.8) is 0 Å². The van der Waals surface area contributed by atoms with E-state index in [2.05, 4.69) is 48.6 Å². The Morgan fingerprint density at radius 2 is 2.17 bits per heavy atom. The molecule has 2 N–H and O–H groups in total. The molecule has 100 valence electrons. The van der Waals surface area contributed by atoms with E-state index in [-0.39, 0.29) is 12.6 Å². The van der Waals surface area contributed by atoms with Crippen LogP contribution in [0.2, 0.25) is 0 Å². The molecule has 0 spiro atoms. The van der Waals surface area contributed by atoms with Gasteiger partial charge in [-0.25, -0.2) is 0 Å². The lowest BCUT2D eigenvalue weighted by atomic mass is 10.0. The molecule has 1 aromatic rings. The molecule has 1 aliphatic rings. The Balaban J connectivity index is 1.95. The van der Waals surface area contributed by atoms with Crippen molar-refractivity contribution in [1.29, 1.82) is 0 Å². The summed E-state index contributed by atoms with van der Waals surface area (Å²) in [6, 6.07) is 8.73. The van der Waals surface area contributed by atoms with Crippen LogP contribution in [0, 0.1) is 0 Å². The minimum Gasteiger partial charge on any atom is -0.394 e. The van der Waals surface area contributed by atoms with Gasteiger partial charge in [0.25, 0.3) is 0 Å². The van der Waals surface area contributed by atoms with Crippen LogP contribution in [-0.2, 0) is 0 Å². The molecule has 1 fully saturated rings. The zero-order valence-electron chi connectivity index (χ0n) is 11.4. The third-order valence-corrected chi connectivity index (χ3v) is 3.49. The van der Waals surface area contributed by atoms with Gasteiger partial charge in [-0.15, -0.1) is 0 Å². The Labute approximate surface area is 110 Å². The molecular formula is C15H24N2O. The molecule has 1 aliphatic carbocycles. The molecule has 1 unspecified atom stereocenters. The molecule has 0 heterocycles. The largest absolute Gasteiger partial charge is 0.394 e. The number of aliphatic hydroxyl groups excluding tert-OH is 1. The molecule has 1 saturated carbocycles. The van der Waals surface area contributed by atoms with Crippen LogP contribution in [0.5, 0.6) is 0 Å². The van der Waals surface area contributed by atoms with E-state index in [1.807, 2.05) is 0 Å². The van der Waals surface area contributed by atoms with E-state index in [1.54, 1.807) is 0 Å². The zero-order valence-corrected chi connectivity index (χ0v) is 11.4. The van der Waals surface area contributed by atoms with Gasteiger partial charge in [0, 0.05) is 13.1 Å². The molecular weight excluding hydrogens is 224 g/mol. The van der Waals surface area contributed by atoms with E-state index in [0.717, 1.165) is 19.0 Å². The first-order chi connectivity index (χ1) is 8.70. The zero-order chi connectivity index (χ0) is 13.0. The summed E-state index contributed by atoms with van der Waals surface area (Å²) in [6.45, 7) is 2.03. The minimum absolute atomic E-state index is 0.0589. The van der Waals surface area contributed by atoms with Gasteiger partial charge in [-0.05, 0) is 44.0 Å². The maximum atomic E-state index is 9.51. The van der Waals surface area contributed by atoms with Crippen molar-refractivity contribution in [2.45, 2.75) is 24.8 Å². The van der Waals surface area contributed by atoms with Gasteiger partial charge in [-0.2, -0.15) is 0 Å². The molecule has 2 rings (SSSR count). The number of nitrogens with zero attached hydrogens (tertiary/aromatic N) is 1. The number of hydrogen-bond acceptors (Lipinski definition) is 3. The van der Waals surface area contributed by atoms with E-state index in [1.165, 1.54) is 24.0 Å². The maximum Gasteiger partial charge on any atom is 0.0626 e. The van der Waals surface area contributed by atoms with E-state index in [0.29, 0.717) is 0 Å². The van der Waals surface area contributed by atoms with Crippen molar-refractivity contribution in [3.8, 4) is 0 Å². The molecule has 1 atom stereocenters. The first kappa shape index (κ1) is 13.5. The lowest BCUT2D eigenvalue weighted by Gasteiger charge is -2.19. The molecule has 3 heteroatoms. The van der Waals surface area contributed by atoms with Crippen LogP contribution >= 0.6 is 0 Å². The number of likely N-dealkylation sites (N-methyl/N-ethyl adjacent to an activating group) is 1. The van der Waals surface area contributed by atoms with E-state index in [9.17, 15) is 5.11 Å². The summed E-state index contributed by atoms with van der Waals surface area (Å²) < 4.78 is 0. The third kappa shape index (κ3) is 3.80. The van der Waals surface area contributed by atoms with Crippen LogP contribution in [0.15, 0.2) is 24.3 Å². The van der Waals surface area contributed by atoms with Gasteiger partial charge in [0.2, 0.25) is 0 Å². The van der Waals surface area contributed by atoms with Crippen molar-refractivity contribution >= 4 is 0 Å². The first-order valence-electron chi connectivity index (χ1n) is 6.79. The molecule has 0 bridgehead atoms. The Kier molecular flexibility index (Phi) is 4.75. The quantitative estimate of drug-likeness (QED) is 0.771. The van der Waals surface area contributed by atoms with Gasteiger partial charge in [0.05, 0.1) is 12.6 Å². The van der Waals surface area contributed by atoms with Gasteiger partial charge in [0.1, 0.15) is 0 Å². The SMILES string of the molecule is CN(C)CCNC(CO)c1cccc(C2CC2)c1.